The summed E-state index contributed by atoms with van der Waals surface area (Å²) in [6.07, 6.45) is 0. The fourth-order valence-corrected chi connectivity index (χ4v) is 4.92. The molecule has 1 aromatic heterocycles. The molecule has 0 radical (unpaired) electrons. The molecule has 6 heteroatoms. The van der Waals surface area contributed by atoms with E-state index < -0.39 is 5.82 Å². The van der Waals surface area contributed by atoms with E-state index in [4.69, 9.17) is 9.47 Å². The minimum Gasteiger partial charge on any atom is -0.497 e. The van der Waals surface area contributed by atoms with Crippen LogP contribution in [-0.4, -0.2) is 24.8 Å². The van der Waals surface area contributed by atoms with Crippen LogP contribution in [0.25, 0.3) is 20.5 Å². The Kier molecular flexibility index (Phi) is 6.39. The van der Waals surface area contributed by atoms with Crippen molar-refractivity contribution >= 4 is 43.1 Å². The first-order chi connectivity index (χ1) is 15.0. The Labute approximate surface area is 192 Å². The molecule has 158 valence electrons. The van der Waals surface area contributed by atoms with Crippen molar-refractivity contribution < 1.29 is 18.7 Å². The summed E-state index contributed by atoms with van der Waals surface area (Å²) in [5.74, 6) is 0.566. The lowest BCUT2D eigenvalue weighted by Gasteiger charge is -2.09. The van der Waals surface area contributed by atoms with Crippen LogP contribution in [0.15, 0.2) is 60.7 Å². The average Bonchev–Trinajstić information content (AvgIpc) is 3.15. The van der Waals surface area contributed by atoms with Gasteiger partial charge in [0.2, 0.25) is 0 Å². The van der Waals surface area contributed by atoms with Crippen molar-refractivity contribution in [2.45, 2.75) is 6.92 Å². The molecule has 0 saturated carbocycles. The second kappa shape index (κ2) is 9.20. The Hall–Kier alpha value is -2.70. The molecule has 1 heterocycles. The molecule has 0 aliphatic heterocycles. The Morgan fingerprint density at radius 1 is 1.03 bits per heavy atom. The number of methoxy groups -OCH3 is 1. The van der Waals surface area contributed by atoms with Gasteiger partial charge in [0.1, 0.15) is 17.3 Å². The van der Waals surface area contributed by atoms with Gasteiger partial charge in [-0.3, -0.25) is 4.79 Å². The third kappa shape index (κ3) is 4.36. The van der Waals surface area contributed by atoms with E-state index in [0.29, 0.717) is 39.7 Å². The number of hydrogen-bond donors (Lipinski definition) is 0. The molecule has 4 rings (SSSR count). The molecule has 0 aliphatic rings. The Morgan fingerprint density at radius 3 is 2.45 bits per heavy atom. The lowest BCUT2D eigenvalue weighted by Crippen LogP contribution is -2.03. The van der Waals surface area contributed by atoms with Gasteiger partial charge in [-0.05, 0) is 55.0 Å². The zero-order valence-electron chi connectivity index (χ0n) is 17.1. The minimum atomic E-state index is -0.421. The smallest absolute Gasteiger partial charge is 0.195 e. The zero-order chi connectivity index (χ0) is 22.0. The maximum absolute atomic E-state index is 14.9. The van der Waals surface area contributed by atoms with Crippen LogP contribution in [0.2, 0.25) is 0 Å². The molecular formula is C25H20BrFO3S. The minimum absolute atomic E-state index is 0.146. The van der Waals surface area contributed by atoms with Gasteiger partial charge >= 0.3 is 0 Å². The number of alkyl halides is 1. The van der Waals surface area contributed by atoms with Crippen molar-refractivity contribution in [1.82, 2.24) is 0 Å². The largest absolute Gasteiger partial charge is 0.497 e. The molecule has 0 aliphatic carbocycles. The van der Waals surface area contributed by atoms with Crippen molar-refractivity contribution in [3.05, 3.63) is 83.2 Å². The van der Waals surface area contributed by atoms with E-state index in [2.05, 4.69) is 15.9 Å². The van der Waals surface area contributed by atoms with E-state index in [-0.39, 0.29) is 5.78 Å². The van der Waals surface area contributed by atoms with Gasteiger partial charge in [0.15, 0.2) is 5.78 Å². The standard InChI is InChI=1S/C25H20BrFO3S/c1-15-3-9-20-22(13-15)31-25(19-10-8-18(29-2)14-21(19)27)23(20)24(28)16-4-6-17(7-5-16)30-12-11-26/h3-10,13-14H,11-12H2,1-2H3. The van der Waals surface area contributed by atoms with E-state index in [1.165, 1.54) is 24.5 Å². The van der Waals surface area contributed by atoms with Gasteiger partial charge in [-0.2, -0.15) is 0 Å². The number of carbonyl (C=O) groups is 1. The molecule has 0 unspecified atom stereocenters. The second-order valence-electron chi connectivity index (χ2n) is 7.04. The Morgan fingerprint density at radius 2 is 1.77 bits per heavy atom. The fourth-order valence-electron chi connectivity index (χ4n) is 3.43. The average molecular weight is 499 g/mol. The first-order valence-corrected chi connectivity index (χ1v) is 11.7. The number of ketones is 1. The van der Waals surface area contributed by atoms with Gasteiger partial charge in [-0.15, -0.1) is 11.3 Å². The number of aryl methyl sites for hydroxylation is 1. The topological polar surface area (TPSA) is 35.5 Å². The number of hydrogen-bond acceptors (Lipinski definition) is 4. The summed E-state index contributed by atoms with van der Waals surface area (Å²) in [6, 6.07) is 17.7. The molecule has 0 atom stereocenters. The van der Waals surface area contributed by atoms with Gasteiger partial charge in [0.25, 0.3) is 0 Å². The van der Waals surface area contributed by atoms with Gasteiger partial charge in [-0.25, -0.2) is 4.39 Å². The molecule has 3 aromatic carbocycles. The summed E-state index contributed by atoms with van der Waals surface area (Å²) in [5, 5.41) is 1.55. The first-order valence-electron chi connectivity index (χ1n) is 9.72. The van der Waals surface area contributed by atoms with Crippen LogP contribution in [0.4, 0.5) is 4.39 Å². The van der Waals surface area contributed by atoms with E-state index in [9.17, 15) is 9.18 Å². The van der Waals surface area contributed by atoms with Gasteiger partial charge < -0.3 is 9.47 Å². The summed E-state index contributed by atoms with van der Waals surface area (Å²) in [4.78, 5) is 14.2. The van der Waals surface area contributed by atoms with Crippen LogP contribution in [0.5, 0.6) is 11.5 Å². The van der Waals surface area contributed by atoms with Crippen LogP contribution >= 0.6 is 27.3 Å². The summed E-state index contributed by atoms with van der Waals surface area (Å²) >= 11 is 4.75. The van der Waals surface area contributed by atoms with Gasteiger partial charge in [0.05, 0.1) is 13.7 Å². The maximum atomic E-state index is 14.9. The van der Waals surface area contributed by atoms with Crippen LogP contribution in [0.3, 0.4) is 0 Å². The van der Waals surface area contributed by atoms with Crippen molar-refractivity contribution in [1.29, 1.82) is 0 Å². The highest BCUT2D eigenvalue weighted by Gasteiger charge is 2.23. The van der Waals surface area contributed by atoms with Crippen molar-refractivity contribution in [3.63, 3.8) is 0 Å². The summed E-state index contributed by atoms with van der Waals surface area (Å²) in [7, 11) is 1.50. The third-order valence-electron chi connectivity index (χ3n) is 4.96. The summed E-state index contributed by atoms with van der Waals surface area (Å²) < 4.78 is 26.6. The maximum Gasteiger partial charge on any atom is 0.195 e. The lowest BCUT2D eigenvalue weighted by molar-refractivity contribution is 0.104. The number of thiophene rings is 1. The quantitative estimate of drug-likeness (QED) is 0.202. The molecule has 3 nitrogen and oxygen atoms in total. The van der Waals surface area contributed by atoms with E-state index in [1.54, 1.807) is 36.4 Å². The predicted molar refractivity (Wildman–Crippen MR) is 128 cm³/mol. The summed E-state index contributed by atoms with van der Waals surface area (Å²) in [6.45, 7) is 2.54. The first kappa shape index (κ1) is 21.5. The molecule has 4 aromatic rings. The molecule has 0 saturated heterocycles. The van der Waals surface area contributed by atoms with Gasteiger partial charge in [-0.1, -0.05) is 28.1 Å². The molecule has 0 bridgehead atoms. The molecule has 0 spiro atoms. The molecule has 0 fully saturated rings. The highest BCUT2D eigenvalue weighted by molar-refractivity contribution is 9.09. The highest BCUT2D eigenvalue weighted by atomic mass is 79.9. The van der Waals surface area contributed by atoms with E-state index in [1.807, 2.05) is 25.1 Å². The molecular weight excluding hydrogens is 479 g/mol. The van der Waals surface area contributed by atoms with Crippen molar-refractivity contribution in [3.8, 4) is 21.9 Å². The Balaban J connectivity index is 1.84. The molecule has 0 amide bonds. The monoisotopic (exact) mass is 498 g/mol. The van der Waals surface area contributed by atoms with Crippen LogP contribution in [0, 0.1) is 12.7 Å². The molecule has 31 heavy (non-hydrogen) atoms. The molecule has 0 N–H and O–H groups in total. The Bertz CT molecular complexity index is 1250. The number of halogens is 2. The van der Waals surface area contributed by atoms with Crippen LogP contribution < -0.4 is 9.47 Å². The van der Waals surface area contributed by atoms with E-state index in [0.717, 1.165) is 21.0 Å². The predicted octanol–water partition coefficient (Wildman–Crippen LogP) is 7.03. The number of rotatable bonds is 7. The van der Waals surface area contributed by atoms with Crippen molar-refractivity contribution in [2.75, 3.05) is 19.0 Å². The SMILES string of the molecule is COc1ccc(-c2sc3cc(C)ccc3c2C(=O)c2ccc(OCCBr)cc2)c(F)c1. The number of fused-ring (bicyclic) bond motifs is 1. The number of benzene rings is 3. The lowest BCUT2D eigenvalue weighted by atomic mass is 9.97. The fraction of sp³-hybridized carbons (Fsp3) is 0.160. The normalized spacial score (nSPS) is 11.0. The van der Waals surface area contributed by atoms with E-state index >= 15 is 0 Å². The second-order valence-corrected chi connectivity index (χ2v) is 8.89. The zero-order valence-corrected chi connectivity index (χ0v) is 19.5. The highest BCUT2D eigenvalue weighted by Crippen LogP contribution is 2.42. The summed E-state index contributed by atoms with van der Waals surface area (Å²) in [5.41, 5.74) is 2.52. The van der Waals surface area contributed by atoms with Crippen LogP contribution in [0.1, 0.15) is 21.5 Å². The van der Waals surface area contributed by atoms with Crippen molar-refractivity contribution in [2.24, 2.45) is 0 Å². The van der Waals surface area contributed by atoms with Crippen LogP contribution in [-0.2, 0) is 0 Å². The number of ether oxygens (including phenoxy) is 2. The third-order valence-corrected chi connectivity index (χ3v) is 6.47. The number of carbonyl (C=O) groups excluding carboxylic acids is 1. The van der Waals surface area contributed by atoms with Gasteiger partial charge in [0, 0.05) is 43.1 Å².